The molecule has 0 aromatic carbocycles. The molecule has 0 heterocycles. The maximum absolute atomic E-state index is 3.81. The highest BCUT2D eigenvalue weighted by Crippen LogP contribution is 2.42. The molecule has 4 atom stereocenters. The molecule has 0 bridgehead atoms. The molecule has 20 heavy (non-hydrogen) atoms. The average Bonchev–Trinajstić information content (AvgIpc) is 2.50. The van der Waals surface area contributed by atoms with Crippen molar-refractivity contribution in [2.45, 2.75) is 71.8 Å². The zero-order valence-electron chi connectivity index (χ0n) is 14.0. The van der Waals surface area contributed by atoms with E-state index in [9.17, 15) is 0 Å². The molecule has 0 aliphatic heterocycles. The second-order valence-corrected chi connectivity index (χ2v) is 7.28. The van der Waals surface area contributed by atoms with Crippen LogP contribution in [-0.4, -0.2) is 37.1 Å². The highest BCUT2D eigenvalue weighted by atomic mass is 15.1. The summed E-state index contributed by atoms with van der Waals surface area (Å²) in [7, 11) is 0. The summed E-state index contributed by atoms with van der Waals surface area (Å²) >= 11 is 0. The van der Waals surface area contributed by atoms with Gasteiger partial charge in [-0.15, -0.1) is 0 Å². The van der Waals surface area contributed by atoms with Gasteiger partial charge in [0.2, 0.25) is 0 Å². The van der Waals surface area contributed by atoms with Gasteiger partial charge in [0.25, 0.3) is 0 Å². The number of hydrogen-bond acceptors (Lipinski definition) is 2. The highest BCUT2D eigenvalue weighted by molar-refractivity contribution is 4.84. The minimum absolute atomic E-state index is 0.638. The second kappa shape index (κ2) is 8.38. The Bertz CT molecular complexity index is 262. The molecule has 4 unspecified atom stereocenters. The van der Waals surface area contributed by atoms with Crippen molar-refractivity contribution in [3.05, 3.63) is 0 Å². The van der Waals surface area contributed by atoms with Crippen LogP contribution in [0, 0.1) is 17.8 Å². The van der Waals surface area contributed by atoms with E-state index < -0.39 is 0 Å². The topological polar surface area (TPSA) is 15.3 Å². The third kappa shape index (κ3) is 4.73. The Morgan fingerprint density at radius 1 is 1.00 bits per heavy atom. The number of nitrogens with zero attached hydrogens (tertiary/aromatic N) is 1. The Morgan fingerprint density at radius 2 is 1.70 bits per heavy atom. The fraction of sp³-hybridized carbons (Fsp3) is 1.00. The standard InChI is InChI=1S/C18H36N2/c1-4-20(5-2)14-15(3)19-13-16-10-11-17-8-6-7-9-18(17)12-16/h15-19H,4-14H2,1-3H3. The largest absolute Gasteiger partial charge is 0.313 e. The first-order valence-electron chi connectivity index (χ1n) is 9.18. The summed E-state index contributed by atoms with van der Waals surface area (Å²) in [6, 6.07) is 0.638. The number of fused-ring (bicyclic) bond motifs is 1. The van der Waals surface area contributed by atoms with Crippen LogP contribution in [0.2, 0.25) is 0 Å². The number of hydrogen-bond donors (Lipinski definition) is 1. The van der Waals surface area contributed by atoms with Gasteiger partial charge in [0, 0.05) is 12.6 Å². The first-order chi connectivity index (χ1) is 9.72. The van der Waals surface area contributed by atoms with Crippen LogP contribution in [0.5, 0.6) is 0 Å². The zero-order valence-corrected chi connectivity index (χ0v) is 14.0. The van der Waals surface area contributed by atoms with Crippen LogP contribution >= 0.6 is 0 Å². The summed E-state index contributed by atoms with van der Waals surface area (Å²) < 4.78 is 0. The molecular formula is C18H36N2. The Kier molecular flexibility index (Phi) is 6.83. The normalized spacial score (nSPS) is 32.1. The van der Waals surface area contributed by atoms with Gasteiger partial charge in [-0.3, -0.25) is 0 Å². The first-order valence-corrected chi connectivity index (χ1v) is 9.18. The smallest absolute Gasteiger partial charge is 0.0166 e. The van der Waals surface area contributed by atoms with E-state index in [1.165, 1.54) is 71.1 Å². The van der Waals surface area contributed by atoms with Gasteiger partial charge in [-0.1, -0.05) is 39.5 Å². The lowest BCUT2D eigenvalue weighted by Gasteiger charge is -2.39. The molecule has 2 aliphatic rings. The van der Waals surface area contributed by atoms with E-state index in [1.54, 1.807) is 0 Å². The van der Waals surface area contributed by atoms with Crippen molar-refractivity contribution in [1.82, 2.24) is 10.2 Å². The molecule has 2 saturated carbocycles. The Labute approximate surface area is 126 Å². The van der Waals surface area contributed by atoms with Crippen LogP contribution < -0.4 is 5.32 Å². The molecular weight excluding hydrogens is 244 g/mol. The van der Waals surface area contributed by atoms with Crippen LogP contribution in [0.3, 0.4) is 0 Å². The van der Waals surface area contributed by atoms with E-state index in [-0.39, 0.29) is 0 Å². The molecule has 2 rings (SSSR count). The predicted octanol–water partition coefficient (Wildman–Crippen LogP) is 3.91. The van der Waals surface area contributed by atoms with Crippen molar-refractivity contribution in [2.24, 2.45) is 17.8 Å². The van der Waals surface area contributed by atoms with Gasteiger partial charge in [-0.05, 0) is 63.6 Å². The van der Waals surface area contributed by atoms with Gasteiger partial charge in [-0.25, -0.2) is 0 Å². The number of likely N-dealkylation sites (N-methyl/N-ethyl adjacent to an activating group) is 1. The van der Waals surface area contributed by atoms with Crippen molar-refractivity contribution in [3.8, 4) is 0 Å². The van der Waals surface area contributed by atoms with Gasteiger partial charge in [0.1, 0.15) is 0 Å². The minimum atomic E-state index is 0.638. The Balaban J connectivity index is 1.66. The van der Waals surface area contributed by atoms with Crippen molar-refractivity contribution in [3.63, 3.8) is 0 Å². The summed E-state index contributed by atoms with van der Waals surface area (Å²) in [5.74, 6) is 3.11. The molecule has 2 aliphatic carbocycles. The van der Waals surface area contributed by atoms with E-state index in [4.69, 9.17) is 0 Å². The molecule has 0 amide bonds. The van der Waals surface area contributed by atoms with Gasteiger partial charge < -0.3 is 10.2 Å². The van der Waals surface area contributed by atoms with Gasteiger partial charge in [0.05, 0.1) is 0 Å². The van der Waals surface area contributed by atoms with E-state index in [1.807, 2.05) is 0 Å². The zero-order chi connectivity index (χ0) is 14.4. The quantitative estimate of drug-likeness (QED) is 0.760. The lowest BCUT2D eigenvalue weighted by atomic mass is 9.67. The lowest BCUT2D eigenvalue weighted by molar-refractivity contribution is 0.126. The second-order valence-electron chi connectivity index (χ2n) is 7.28. The number of nitrogens with one attached hydrogen (secondary N) is 1. The molecule has 0 aromatic rings. The van der Waals surface area contributed by atoms with Crippen LogP contribution in [0.15, 0.2) is 0 Å². The fourth-order valence-corrected chi connectivity index (χ4v) is 4.46. The van der Waals surface area contributed by atoms with E-state index in [0.29, 0.717) is 6.04 Å². The molecule has 0 radical (unpaired) electrons. The molecule has 0 saturated heterocycles. The molecule has 1 N–H and O–H groups in total. The van der Waals surface area contributed by atoms with Crippen molar-refractivity contribution in [2.75, 3.05) is 26.2 Å². The average molecular weight is 280 g/mol. The predicted molar refractivity (Wildman–Crippen MR) is 88.0 cm³/mol. The summed E-state index contributed by atoms with van der Waals surface area (Å²) in [5.41, 5.74) is 0. The third-order valence-electron chi connectivity index (χ3n) is 5.83. The maximum atomic E-state index is 3.81. The molecule has 118 valence electrons. The number of rotatable bonds is 7. The maximum Gasteiger partial charge on any atom is 0.0166 e. The molecule has 0 spiro atoms. The van der Waals surface area contributed by atoms with Crippen LogP contribution in [-0.2, 0) is 0 Å². The van der Waals surface area contributed by atoms with E-state index in [2.05, 4.69) is 31.0 Å². The van der Waals surface area contributed by atoms with Crippen LogP contribution in [0.4, 0.5) is 0 Å². The summed E-state index contributed by atoms with van der Waals surface area (Å²) in [4.78, 5) is 2.52. The molecule has 2 nitrogen and oxygen atoms in total. The molecule has 2 heteroatoms. The van der Waals surface area contributed by atoms with Crippen molar-refractivity contribution in [1.29, 1.82) is 0 Å². The van der Waals surface area contributed by atoms with Gasteiger partial charge in [-0.2, -0.15) is 0 Å². The fourth-order valence-electron chi connectivity index (χ4n) is 4.46. The summed E-state index contributed by atoms with van der Waals surface area (Å²) in [6.45, 7) is 11.7. The summed E-state index contributed by atoms with van der Waals surface area (Å²) in [5, 5.41) is 3.81. The highest BCUT2D eigenvalue weighted by Gasteiger charge is 2.31. The van der Waals surface area contributed by atoms with E-state index in [0.717, 1.165) is 17.8 Å². The minimum Gasteiger partial charge on any atom is -0.313 e. The molecule has 2 fully saturated rings. The Morgan fingerprint density at radius 3 is 2.40 bits per heavy atom. The van der Waals surface area contributed by atoms with Crippen molar-refractivity contribution < 1.29 is 0 Å². The first kappa shape index (κ1) is 16.3. The third-order valence-corrected chi connectivity index (χ3v) is 5.83. The van der Waals surface area contributed by atoms with Crippen LogP contribution in [0.25, 0.3) is 0 Å². The van der Waals surface area contributed by atoms with Crippen molar-refractivity contribution >= 4 is 0 Å². The van der Waals surface area contributed by atoms with Gasteiger partial charge in [0.15, 0.2) is 0 Å². The van der Waals surface area contributed by atoms with E-state index >= 15 is 0 Å². The monoisotopic (exact) mass is 280 g/mol. The SMILES string of the molecule is CCN(CC)CC(C)NCC1CCC2CCCCC2C1. The lowest BCUT2D eigenvalue weighted by Crippen LogP contribution is -2.42. The molecule has 0 aromatic heterocycles. The summed E-state index contributed by atoms with van der Waals surface area (Å²) in [6.07, 6.45) is 10.6. The Hall–Kier alpha value is -0.0800. The van der Waals surface area contributed by atoms with Crippen LogP contribution in [0.1, 0.15) is 65.7 Å². The van der Waals surface area contributed by atoms with Gasteiger partial charge >= 0.3 is 0 Å².